The molecule has 20 heavy (non-hydrogen) atoms. The van der Waals surface area contributed by atoms with Crippen molar-refractivity contribution in [2.75, 3.05) is 0 Å². The SMILES string of the molecule is O=C(O)c1ccc2nc(-c3cc(Cl)cc(Br)c3)sc2c1. The number of hydrogen-bond acceptors (Lipinski definition) is 3. The molecule has 0 bridgehead atoms. The molecular weight excluding hydrogens is 362 g/mol. The van der Waals surface area contributed by atoms with Crippen molar-refractivity contribution in [3.63, 3.8) is 0 Å². The van der Waals surface area contributed by atoms with E-state index in [4.69, 9.17) is 16.7 Å². The van der Waals surface area contributed by atoms with Crippen LogP contribution in [0.5, 0.6) is 0 Å². The predicted octanol–water partition coefficient (Wildman–Crippen LogP) is 5.08. The molecule has 0 aliphatic heterocycles. The summed E-state index contributed by atoms with van der Waals surface area (Å²) < 4.78 is 1.72. The van der Waals surface area contributed by atoms with Crippen molar-refractivity contribution in [1.82, 2.24) is 4.98 Å². The number of aromatic carboxylic acids is 1. The predicted molar refractivity (Wildman–Crippen MR) is 84.7 cm³/mol. The van der Waals surface area contributed by atoms with Gasteiger partial charge in [-0.25, -0.2) is 9.78 Å². The fourth-order valence-electron chi connectivity index (χ4n) is 1.86. The topological polar surface area (TPSA) is 50.2 Å². The molecule has 6 heteroatoms. The summed E-state index contributed by atoms with van der Waals surface area (Å²) in [6.45, 7) is 0. The molecule has 1 aromatic heterocycles. The van der Waals surface area contributed by atoms with Crippen molar-refractivity contribution in [2.24, 2.45) is 0 Å². The van der Waals surface area contributed by atoms with E-state index in [1.807, 2.05) is 12.1 Å². The lowest BCUT2D eigenvalue weighted by Crippen LogP contribution is -1.94. The molecule has 0 spiro atoms. The smallest absolute Gasteiger partial charge is 0.335 e. The maximum atomic E-state index is 11.0. The third kappa shape index (κ3) is 2.57. The maximum Gasteiger partial charge on any atom is 0.335 e. The molecule has 2 aromatic carbocycles. The van der Waals surface area contributed by atoms with Gasteiger partial charge in [-0.15, -0.1) is 11.3 Å². The summed E-state index contributed by atoms with van der Waals surface area (Å²) in [6, 6.07) is 10.5. The molecule has 0 radical (unpaired) electrons. The molecule has 0 unspecified atom stereocenters. The standard InChI is InChI=1S/C14H7BrClNO2S/c15-9-3-8(4-10(16)6-9)13-17-11-2-1-7(14(18)19)5-12(11)20-13/h1-6H,(H,18,19). The third-order valence-electron chi connectivity index (χ3n) is 2.74. The second-order valence-corrected chi connectivity index (χ2v) is 6.55. The van der Waals surface area contributed by atoms with Crippen LogP contribution >= 0.6 is 38.9 Å². The Hall–Kier alpha value is -1.43. The fraction of sp³-hybridized carbons (Fsp3) is 0. The largest absolute Gasteiger partial charge is 0.478 e. The molecule has 1 heterocycles. The quantitative estimate of drug-likeness (QED) is 0.686. The van der Waals surface area contributed by atoms with E-state index in [1.165, 1.54) is 11.3 Å². The normalized spacial score (nSPS) is 10.9. The zero-order valence-corrected chi connectivity index (χ0v) is 13.1. The highest BCUT2D eigenvalue weighted by Crippen LogP contribution is 2.33. The van der Waals surface area contributed by atoms with Crippen LogP contribution in [0.1, 0.15) is 10.4 Å². The van der Waals surface area contributed by atoms with Gasteiger partial charge in [-0.05, 0) is 36.4 Å². The minimum absolute atomic E-state index is 0.264. The molecule has 0 amide bonds. The number of hydrogen-bond donors (Lipinski definition) is 1. The Morgan fingerprint density at radius 3 is 2.75 bits per heavy atom. The van der Waals surface area contributed by atoms with Crippen molar-refractivity contribution in [3.05, 3.63) is 51.5 Å². The molecule has 3 aromatic rings. The molecule has 100 valence electrons. The number of rotatable bonds is 2. The van der Waals surface area contributed by atoms with Gasteiger partial charge in [0.15, 0.2) is 0 Å². The zero-order chi connectivity index (χ0) is 14.3. The molecule has 0 saturated carbocycles. The lowest BCUT2D eigenvalue weighted by Gasteiger charge is -1.98. The number of benzene rings is 2. The third-order valence-corrected chi connectivity index (χ3v) is 4.49. The first-order chi connectivity index (χ1) is 9.52. The van der Waals surface area contributed by atoms with Crippen molar-refractivity contribution < 1.29 is 9.90 Å². The minimum atomic E-state index is -0.938. The van der Waals surface area contributed by atoms with Gasteiger partial charge in [0.2, 0.25) is 0 Å². The van der Waals surface area contributed by atoms with E-state index in [0.29, 0.717) is 5.02 Å². The van der Waals surface area contributed by atoms with Crippen molar-refractivity contribution in [2.45, 2.75) is 0 Å². The first-order valence-electron chi connectivity index (χ1n) is 5.63. The number of carboxylic acids is 1. The Balaban J connectivity index is 2.15. The Morgan fingerprint density at radius 1 is 1.25 bits per heavy atom. The zero-order valence-electron chi connectivity index (χ0n) is 9.93. The van der Waals surface area contributed by atoms with Gasteiger partial charge in [0, 0.05) is 15.1 Å². The van der Waals surface area contributed by atoms with Gasteiger partial charge in [0.05, 0.1) is 15.8 Å². The molecule has 3 nitrogen and oxygen atoms in total. The Labute approximate surface area is 132 Å². The van der Waals surface area contributed by atoms with E-state index in [9.17, 15) is 4.79 Å². The van der Waals surface area contributed by atoms with Crippen LogP contribution < -0.4 is 0 Å². The Bertz CT molecular complexity index is 811. The lowest BCUT2D eigenvalue weighted by atomic mass is 10.2. The van der Waals surface area contributed by atoms with Gasteiger partial charge in [-0.3, -0.25) is 0 Å². The Morgan fingerprint density at radius 2 is 2.05 bits per heavy atom. The molecule has 0 aliphatic rings. The number of aromatic nitrogens is 1. The fourth-order valence-corrected chi connectivity index (χ4v) is 3.71. The van der Waals surface area contributed by atoms with Gasteiger partial charge in [-0.2, -0.15) is 0 Å². The summed E-state index contributed by atoms with van der Waals surface area (Å²) in [6.07, 6.45) is 0. The number of thiazole rings is 1. The van der Waals surface area contributed by atoms with Crippen molar-refractivity contribution >= 4 is 55.1 Å². The summed E-state index contributed by atoms with van der Waals surface area (Å²) in [4.78, 5) is 15.5. The first kappa shape index (κ1) is 13.5. The van der Waals surface area contributed by atoms with Crippen LogP contribution in [0, 0.1) is 0 Å². The summed E-state index contributed by atoms with van der Waals surface area (Å²) in [7, 11) is 0. The van der Waals surface area contributed by atoms with Gasteiger partial charge in [-0.1, -0.05) is 27.5 Å². The van der Waals surface area contributed by atoms with Gasteiger partial charge < -0.3 is 5.11 Å². The number of nitrogens with zero attached hydrogens (tertiary/aromatic N) is 1. The molecule has 0 atom stereocenters. The van der Waals surface area contributed by atoms with Crippen molar-refractivity contribution in [3.8, 4) is 10.6 Å². The van der Waals surface area contributed by atoms with Crippen LogP contribution in [-0.2, 0) is 0 Å². The average Bonchev–Trinajstić information content (AvgIpc) is 2.80. The number of halogens is 2. The van der Waals surface area contributed by atoms with Crippen LogP contribution in [0.25, 0.3) is 20.8 Å². The van der Waals surface area contributed by atoms with Gasteiger partial charge in [0.1, 0.15) is 5.01 Å². The van der Waals surface area contributed by atoms with E-state index in [-0.39, 0.29) is 5.56 Å². The average molecular weight is 369 g/mol. The highest BCUT2D eigenvalue weighted by molar-refractivity contribution is 9.10. The first-order valence-corrected chi connectivity index (χ1v) is 7.62. The number of carbonyl (C=O) groups is 1. The van der Waals surface area contributed by atoms with Crippen LogP contribution in [-0.4, -0.2) is 16.1 Å². The summed E-state index contributed by atoms with van der Waals surface area (Å²) >= 11 is 10.9. The van der Waals surface area contributed by atoms with E-state index in [0.717, 1.165) is 25.3 Å². The van der Waals surface area contributed by atoms with E-state index >= 15 is 0 Å². The van der Waals surface area contributed by atoms with Crippen LogP contribution in [0.3, 0.4) is 0 Å². The van der Waals surface area contributed by atoms with E-state index < -0.39 is 5.97 Å². The number of fused-ring (bicyclic) bond motifs is 1. The summed E-state index contributed by atoms with van der Waals surface area (Å²) in [5.74, 6) is -0.938. The summed E-state index contributed by atoms with van der Waals surface area (Å²) in [5.41, 5.74) is 1.95. The molecule has 0 saturated heterocycles. The highest BCUT2D eigenvalue weighted by Gasteiger charge is 2.10. The van der Waals surface area contributed by atoms with Crippen LogP contribution in [0.15, 0.2) is 40.9 Å². The summed E-state index contributed by atoms with van der Waals surface area (Å²) in [5, 5.41) is 10.4. The monoisotopic (exact) mass is 367 g/mol. The second kappa shape index (κ2) is 5.16. The van der Waals surface area contributed by atoms with E-state index in [2.05, 4.69) is 20.9 Å². The highest BCUT2D eigenvalue weighted by atomic mass is 79.9. The van der Waals surface area contributed by atoms with Gasteiger partial charge >= 0.3 is 5.97 Å². The molecule has 0 aliphatic carbocycles. The van der Waals surface area contributed by atoms with Crippen molar-refractivity contribution in [1.29, 1.82) is 0 Å². The molecule has 1 N–H and O–H groups in total. The van der Waals surface area contributed by atoms with E-state index in [1.54, 1.807) is 24.3 Å². The molecular formula is C14H7BrClNO2S. The lowest BCUT2D eigenvalue weighted by molar-refractivity contribution is 0.0697. The Kier molecular flexibility index (Phi) is 3.50. The molecule has 3 rings (SSSR count). The molecule has 0 fully saturated rings. The second-order valence-electron chi connectivity index (χ2n) is 4.16. The minimum Gasteiger partial charge on any atom is -0.478 e. The maximum absolute atomic E-state index is 11.0. The van der Waals surface area contributed by atoms with Crippen LogP contribution in [0.4, 0.5) is 0 Å². The van der Waals surface area contributed by atoms with Gasteiger partial charge in [0.25, 0.3) is 0 Å². The number of carboxylic acid groups (broad SMARTS) is 1. The van der Waals surface area contributed by atoms with Crippen LogP contribution in [0.2, 0.25) is 5.02 Å².